The van der Waals surface area contributed by atoms with Crippen molar-refractivity contribution in [2.24, 2.45) is 0 Å². The minimum atomic E-state index is -4.35. The summed E-state index contributed by atoms with van der Waals surface area (Å²) in [6, 6.07) is 20.3. The van der Waals surface area contributed by atoms with E-state index in [1.165, 1.54) is 12.1 Å². The molecule has 3 aromatic carbocycles. The first-order valence-corrected chi connectivity index (χ1v) is 14.8. The van der Waals surface area contributed by atoms with Gasteiger partial charge in [-0.15, -0.1) is 0 Å². The van der Waals surface area contributed by atoms with Crippen LogP contribution >= 0.6 is 0 Å². The van der Waals surface area contributed by atoms with E-state index in [1.54, 1.807) is 18.2 Å². The summed E-state index contributed by atoms with van der Waals surface area (Å²) in [5, 5.41) is 12.0. The first-order valence-electron chi connectivity index (χ1n) is 14.8. The lowest BCUT2D eigenvalue weighted by atomic mass is 10.0. The molecule has 2 fully saturated rings. The van der Waals surface area contributed by atoms with Gasteiger partial charge in [-0.2, -0.15) is 18.4 Å². The predicted molar refractivity (Wildman–Crippen MR) is 158 cm³/mol. The standard InChI is InChI=1S/C33H32F3N5O3/c34-33(35,36)24-5-7-26(8-6-24)41-17-13-27(14-18-41)43-28-9-10-29-30(19-28)44-32(39-29)31(42)38-25-11-15-40(16-12-25)21-23-3-1-22(20-37)2-4-23/h1-10,19,25,27H,11-18,21H2,(H,38,42). The number of carbonyl (C=O) groups excluding carboxylic acids is 1. The fourth-order valence-corrected chi connectivity index (χ4v) is 5.79. The van der Waals surface area contributed by atoms with Gasteiger partial charge in [-0.3, -0.25) is 9.69 Å². The van der Waals surface area contributed by atoms with Gasteiger partial charge in [0.2, 0.25) is 0 Å². The zero-order valence-corrected chi connectivity index (χ0v) is 24.0. The monoisotopic (exact) mass is 603 g/mol. The topological polar surface area (TPSA) is 94.6 Å². The van der Waals surface area contributed by atoms with Crippen molar-refractivity contribution in [1.82, 2.24) is 15.2 Å². The smallest absolute Gasteiger partial charge is 0.416 e. The van der Waals surface area contributed by atoms with Gasteiger partial charge in [0.1, 0.15) is 17.4 Å². The van der Waals surface area contributed by atoms with Crippen molar-refractivity contribution >= 4 is 22.7 Å². The Morgan fingerprint density at radius 1 is 0.977 bits per heavy atom. The highest BCUT2D eigenvalue weighted by molar-refractivity contribution is 5.92. The third-order valence-corrected chi connectivity index (χ3v) is 8.27. The third kappa shape index (κ3) is 6.97. The summed E-state index contributed by atoms with van der Waals surface area (Å²) in [6.07, 6.45) is -1.32. The zero-order chi connectivity index (χ0) is 30.7. The number of likely N-dealkylation sites (tertiary alicyclic amines) is 1. The number of benzene rings is 3. The number of anilines is 1. The van der Waals surface area contributed by atoms with E-state index in [2.05, 4.69) is 26.2 Å². The van der Waals surface area contributed by atoms with Crippen LogP contribution in [-0.2, 0) is 12.7 Å². The van der Waals surface area contributed by atoms with Crippen LogP contribution in [0, 0.1) is 11.3 Å². The normalized spacial score (nSPS) is 17.0. The lowest BCUT2D eigenvalue weighted by Gasteiger charge is -2.33. The van der Waals surface area contributed by atoms with E-state index in [9.17, 15) is 18.0 Å². The Morgan fingerprint density at radius 3 is 2.34 bits per heavy atom. The number of amides is 1. The number of oxazole rings is 1. The molecular weight excluding hydrogens is 571 g/mol. The number of aromatic nitrogens is 1. The number of halogens is 3. The molecule has 0 bridgehead atoms. The number of nitrogens with one attached hydrogen (secondary N) is 1. The van der Waals surface area contributed by atoms with Gasteiger partial charge < -0.3 is 19.4 Å². The largest absolute Gasteiger partial charge is 0.490 e. The number of rotatable bonds is 7. The maximum atomic E-state index is 12.9. The lowest BCUT2D eigenvalue weighted by Crippen LogP contribution is -2.44. The molecule has 6 rings (SSSR count). The van der Waals surface area contributed by atoms with Crippen molar-refractivity contribution in [3.05, 3.63) is 89.3 Å². The van der Waals surface area contributed by atoms with Crippen LogP contribution in [0.15, 0.2) is 71.1 Å². The fourth-order valence-electron chi connectivity index (χ4n) is 5.79. The Kier molecular flexibility index (Phi) is 8.44. The number of ether oxygens (including phenoxy) is 1. The quantitative estimate of drug-likeness (QED) is 0.270. The van der Waals surface area contributed by atoms with Crippen LogP contribution in [0.4, 0.5) is 18.9 Å². The summed E-state index contributed by atoms with van der Waals surface area (Å²) < 4.78 is 50.6. The minimum absolute atomic E-state index is 0.0158. The summed E-state index contributed by atoms with van der Waals surface area (Å²) in [5.74, 6) is 0.287. The van der Waals surface area contributed by atoms with Crippen LogP contribution in [0.2, 0.25) is 0 Å². The van der Waals surface area contributed by atoms with Crippen molar-refractivity contribution in [2.45, 2.75) is 50.6 Å². The highest BCUT2D eigenvalue weighted by Crippen LogP contribution is 2.32. The molecule has 0 atom stereocenters. The SMILES string of the molecule is N#Cc1ccc(CN2CCC(NC(=O)c3nc4ccc(OC5CCN(c6ccc(C(F)(F)F)cc6)CC5)cc4o3)CC2)cc1. The van der Waals surface area contributed by atoms with Gasteiger partial charge in [0.15, 0.2) is 5.58 Å². The molecule has 0 radical (unpaired) electrons. The average molecular weight is 604 g/mol. The molecule has 2 aliphatic heterocycles. The second-order valence-electron chi connectivity index (χ2n) is 11.3. The molecular formula is C33H32F3N5O3. The molecule has 228 valence electrons. The van der Waals surface area contributed by atoms with Gasteiger partial charge in [-0.1, -0.05) is 12.1 Å². The summed E-state index contributed by atoms with van der Waals surface area (Å²) in [4.78, 5) is 21.7. The Balaban J connectivity index is 0.979. The number of hydrogen-bond acceptors (Lipinski definition) is 7. The lowest BCUT2D eigenvalue weighted by molar-refractivity contribution is -0.137. The van der Waals surface area contributed by atoms with Gasteiger partial charge in [-0.25, -0.2) is 4.98 Å². The molecule has 44 heavy (non-hydrogen) atoms. The predicted octanol–water partition coefficient (Wildman–Crippen LogP) is 6.16. The number of nitriles is 1. The van der Waals surface area contributed by atoms with Crippen LogP contribution in [0.1, 0.15) is 53.1 Å². The number of carbonyl (C=O) groups is 1. The molecule has 3 heterocycles. The van der Waals surface area contributed by atoms with Crippen molar-refractivity contribution < 1.29 is 27.1 Å². The van der Waals surface area contributed by atoms with Gasteiger partial charge in [0, 0.05) is 63.4 Å². The molecule has 0 aliphatic carbocycles. The van der Waals surface area contributed by atoms with Gasteiger partial charge >= 0.3 is 12.1 Å². The molecule has 4 aromatic rings. The summed E-state index contributed by atoms with van der Waals surface area (Å²) in [6.45, 7) is 3.84. The van der Waals surface area contributed by atoms with Crippen molar-refractivity contribution in [3.8, 4) is 11.8 Å². The molecule has 11 heteroatoms. The summed E-state index contributed by atoms with van der Waals surface area (Å²) in [5.41, 5.74) is 2.95. The zero-order valence-electron chi connectivity index (χ0n) is 24.0. The van der Waals surface area contributed by atoms with E-state index in [1.807, 2.05) is 24.3 Å². The number of hydrogen-bond donors (Lipinski definition) is 1. The molecule has 0 spiro atoms. The minimum Gasteiger partial charge on any atom is -0.490 e. The molecule has 1 aromatic heterocycles. The summed E-state index contributed by atoms with van der Waals surface area (Å²) >= 11 is 0. The number of piperidine rings is 2. The van der Waals surface area contributed by atoms with Crippen LogP contribution in [0.3, 0.4) is 0 Å². The van der Waals surface area contributed by atoms with Crippen molar-refractivity contribution in [3.63, 3.8) is 0 Å². The van der Waals surface area contributed by atoms with E-state index in [0.717, 1.165) is 68.7 Å². The second-order valence-corrected chi connectivity index (χ2v) is 11.3. The van der Waals surface area contributed by atoms with Gasteiger partial charge in [0.05, 0.1) is 17.2 Å². The summed E-state index contributed by atoms with van der Waals surface area (Å²) in [7, 11) is 0. The van der Waals surface area contributed by atoms with Crippen LogP contribution in [0.25, 0.3) is 11.1 Å². The third-order valence-electron chi connectivity index (χ3n) is 8.27. The van der Waals surface area contributed by atoms with Crippen LogP contribution in [-0.4, -0.2) is 54.1 Å². The number of alkyl halides is 3. The Labute approximate surface area is 253 Å². The maximum Gasteiger partial charge on any atom is 0.416 e. The highest BCUT2D eigenvalue weighted by Gasteiger charge is 2.30. The van der Waals surface area contributed by atoms with E-state index in [-0.39, 0.29) is 23.9 Å². The first kappa shape index (κ1) is 29.5. The number of fused-ring (bicyclic) bond motifs is 1. The van der Waals surface area contributed by atoms with E-state index >= 15 is 0 Å². The van der Waals surface area contributed by atoms with Crippen LogP contribution in [0.5, 0.6) is 5.75 Å². The Bertz CT molecular complexity index is 1630. The molecule has 0 saturated carbocycles. The van der Waals surface area contributed by atoms with Crippen molar-refractivity contribution in [1.29, 1.82) is 5.26 Å². The number of nitrogens with zero attached hydrogens (tertiary/aromatic N) is 4. The Morgan fingerprint density at radius 2 is 1.68 bits per heavy atom. The average Bonchev–Trinajstić information content (AvgIpc) is 3.46. The highest BCUT2D eigenvalue weighted by atomic mass is 19.4. The van der Waals surface area contributed by atoms with E-state index < -0.39 is 11.7 Å². The maximum absolute atomic E-state index is 12.9. The first-order chi connectivity index (χ1) is 21.2. The fraction of sp³-hybridized carbons (Fsp3) is 0.364. The molecule has 2 aliphatic rings. The second kappa shape index (κ2) is 12.6. The molecule has 1 amide bonds. The molecule has 1 N–H and O–H groups in total. The van der Waals surface area contributed by atoms with E-state index in [0.29, 0.717) is 35.5 Å². The van der Waals surface area contributed by atoms with Crippen molar-refractivity contribution in [2.75, 3.05) is 31.1 Å². The molecule has 2 saturated heterocycles. The van der Waals surface area contributed by atoms with Gasteiger partial charge in [0.25, 0.3) is 5.89 Å². The Hall–Kier alpha value is -4.56. The molecule has 0 unspecified atom stereocenters. The van der Waals surface area contributed by atoms with Gasteiger partial charge in [-0.05, 0) is 66.9 Å². The molecule has 8 nitrogen and oxygen atoms in total. The van der Waals surface area contributed by atoms with E-state index in [4.69, 9.17) is 14.4 Å². The van der Waals surface area contributed by atoms with Crippen LogP contribution < -0.4 is 15.0 Å².